The largest absolute Gasteiger partial charge is 0.417 e. The van der Waals surface area contributed by atoms with E-state index < -0.39 is 11.7 Å². The van der Waals surface area contributed by atoms with Gasteiger partial charge in [-0.05, 0) is 54.0 Å². The molecule has 1 aromatic heterocycles. The Morgan fingerprint density at radius 1 is 1.09 bits per heavy atom. The van der Waals surface area contributed by atoms with Crippen LogP contribution >= 0.6 is 0 Å². The summed E-state index contributed by atoms with van der Waals surface area (Å²) in [7, 11) is 0. The molecule has 1 aromatic carbocycles. The Kier molecular flexibility index (Phi) is 5.73. The molecule has 0 spiro atoms. The third kappa shape index (κ3) is 4.35. The zero-order valence-electron chi connectivity index (χ0n) is 18.9. The number of piperazine rings is 1. The average Bonchev–Trinajstić information content (AvgIpc) is 3.62. The fourth-order valence-corrected chi connectivity index (χ4v) is 4.95. The van der Waals surface area contributed by atoms with Crippen LogP contribution in [0.1, 0.15) is 58.6 Å². The van der Waals surface area contributed by atoms with Crippen LogP contribution in [0.2, 0.25) is 0 Å². The van der Waals surface area contributed by atoms with E-state index in [1.807, 2.05) is 24.0 Å². The van der Waals surface area contributed by atoms with Crippen molar-refractivity contribution in [2.45, 2.75) is 37.8 Å². The van der Waals surface area contributed by atoms with Gasteiger partial charge >= 0.3 is 6.18 Å². The van der Waals surface area contributed by atoms with Crippen LogP contribution in [0, 0.1) is 5.92 Å². The molecule has 2 atom stereocenters. The van der Waals surface area contributed by atoms with Crippen LogP contribution in [-0.2, 0) is 11.0 Å². The van der Waals surface area contributed by atoms with E-state index in [-0.39, 0.29) is 29.6 Å². The van der Waals surface area contributed by atoms with Gasteiger partial charge in [-0.25, -0.2) is 4.98 Å². The number of benzene rings is 1. The summed E-state index contributed by atoms with van der Waals surface area (Å²) in [5.74, 6) is 0.692. The average molecular weight is 473 g/mol. The van der Waals surface area contributed by atoms with Gasteiger partial charge in [0, 0.05) is 44.5 Å². The molecule has 34 heavy (non-hydrogen) atoms. The lowest BCUT2D eigenvalue weighted by atomic mass is 9.89. The lowest BCUT2D eigenvalue weighted by molar-refractivity contribution is -0.137. The lowest BCUT2D eigenvalue weighted by Crippen LogP contribution is -2.49. The van der Waals surface area contributed by atoms with Crippen molar-refractivity contribution in [3.05, 3.63) is 58.8 Å². The number of alkyl halides is 3. The van der Waals surface area contributed by atoms with E-state index in [0.29, 0.717) is 49.7 Å². The second kappa shape index (κ2) is 8.60. The van der Waals surface area contributed by atoms with E-state index in [9.17, 15) is 22.8 Å². The quantitative estimate of drug-likeness (QED) is 0.736. The van der Waals surface area contributed by atoms with Gasteiger partial charge in [-0.3, -0.25) is 9.59 Å². The molecule has 0 bridgehead atoms. The number of carbonyl (C=O) groups excluding carboxylic acids is 2. The van der Waals surface area contributed by atoms with Gasteiger partial charge in [-0.1, -0.05) is 19.1 Å². The maximum Gasteiger partial charge on any atom is 0.417 e. The molecular formula is C25H27F3N4O2. The van der Waals surface area contributed by atoms with E-state index in [2.05, 4.69) is 10.3 Å². The summed E-state index contributed by atoms with van der Waals surface area (Å²) in [5, 5.41) is 2.87. The van der Waals surface area contributed by atoms with Gasteiger partial charge in [0.15, 0.2) is 0 Å². The maximum absolute atomic E-state index is 13.2. The Labute approximate surface area is 196 Å². The van der Waals surface area contributed by atoms with Crippen molar-refractivity contribution in [3.63, 3.8) is 0 Å². The summed E-state index contributed by atoms with van der Waals surface area (Å²) >= 11 is 0. The predicted molar refractivity (Wildman–Crippen MR) is 121 cm³/mol. The van der Waals surface area contributed by atoms with Crippen molar-refractivity contribution in [2.75, 3.05) is 37.6 Å². The van der Waals surface area contributed by atoms with E-state index >= 15 is 0 Å². The highest BCUT2D eigenvalue weighted by molar-refractivity contribution is 5.94. The molecule has 3 heterocycles. The molecule has 2 aliphatic heterocycles. The third-order valence-corrected chi connectivity index (χ3v) is 7.07. The van der Waals surface area contributed by atoms with Gasteiger partial charge in [-0.15, -0.1) is 0 Å². The van der Waals surface area contributed by atoms with Gasteiger partial charge < -0.3 is 15.1 Å². The van der Waals surface area contributed by atoms with Gasteiger partial charge in [0.2, 0.25) is 5.91 Å². The normalized spacial score (nSPS) is 23.2. The van der Waals surface area contributed by atoms with Crippen LogP contribution in [0.25, 0.3) is 0 Å². The summed E-state index contributed by atoms with van der Waals surface area (Å²) in [5.41, 5.74) is 1.43. The molecule has 6 nitrogen and oxygen atoms in total. The Morgan fingerprint density at radius 2 is 1.76 bits per heavy atom. The molecule has 180 valence electrons. The SMILES string of the molecule is CC1CNC(=O)[C@H]1c1ccc(C(=O)N2CCN(c3ncc(C(F)(F)F)cc3C3CC3)CC2)cc1. The van der Waals surface area contributed by atoms with E-state index in [1.165, 1.54) is 6.07 Å². The minimum absolute atomic E-state index is 0.0186. The fourth-order valence-electron chi connectivity index (χ4n) is 4.95. The number of nitrogens with one attached hydrogen (secondary N) is 1. The minimum atomic E-state index is -4.41. The molecule has 9 heteroatoms. The first-order valence-corrected chi connectivity index (χ1v) is 11.7. The predicted octanol–water partition coefficient (Wildman–Crippen LogP) is 3.79. The first-order valence-electron chi connectivity index (χ1n) is 11.7. The smallest absolute Gasteiger partial charge is 0.355 e. The third-order valence-electron chi connectivity index (χ3n) is 7.07. The highest BCUT2D eigenvalue weighted by atomic mass is 19.4. The van der Waals surface area contributed by atoms with Gasteiger partial charge in [0.25, 0.3) is 5.91 Å². The number of anilines is 1. The fraction of sp³-hybridized carbons (Fsp3) is 0.480. The molecule has 2 aromatic rings. The number of rotatable bonds is 4. The lowest BCUT2D eigenvalue weighted by Gasteiger charge is -2.36. The number of hydrogen-bond acceptors (Lipinski definition) is 4. The monoisotopic (exact) mass is 472 g/mol. The zero-order chi connectivity index (χ0) is 24.0. The van der Waals surface area contributed by atoms with Crippen LogP contribution in [0.5, 0.6) is 0 Å². The zero-order valence-corrected chi connectivity index (χ0v) is 18.9. The van der Waals surface area contributed by atoms with Crippen molar-refractivity contribution in [1.29, 1.82) is 0 Å². The van der Waals surface area contributed by atoms with Gasteiger partial charge in [0.1, 0.15) is 5.82 Å². The number of nitrogens with zero attached hydrogens (tertiary/aromatic N) is 3. The van der Waals surface area contributed by atoms with E-state index in [0.717, 1.165) is 24.6 Å². The van der Waals surface area contributed by atoms with Crippen molar-refractivity contribution in [3.8, 4) is 0 Å². The number of amides is 2. The summed E-state index contributed by atoms with van der Waals surface area (Å²) in [6, 6.07) is 8.48. The molecule has 1 unspecified atom stereocenters. The molecular weight excluding hydrogens is 445 g/mol. The summed E-state index contributed by atoms with van der Waals surface area (Å²) in [4.78, 5) is 33.1. The number of carbonyl (C=O) groups is 2. The van der Waals surface area contributed by atoms with Crippen molar-refractivity contribution in [2.24, 2.45) is 5.92 Å². The molecule has 3 fully saturated rings. The van der Waals surface area contributed by atoms with Gasteiger partial charge in [-0.2, -0.15) is 13.2 Å². The molecule has 3 aliphatic rings. The number of hydrogen-bond donors (Lipinski definition) is 1. The molecule has 1 aliphatic carbocycles. The van der Waals surface area contributed by atoms with Crippen molar-refractivity contribution in [1.82, 2.24) is 15.2 Å². The van der Waals surface area contributed by atoms with Crippen molar-refractivity contribution < 1.29 is 22.8 Å². The highest BCUT2D eigenvalue weighted by Crippen LogP contribution is 2.45. The summed E-state index contributed by atoms with van der Waals surface area (Å²) < 4.78 is 39.5. The maximum atomic E-state index is 13.2. The highest BCUT2D eigenvalue weighted by Gasteiger charge is 2.36. The molecule has 1 N–H and O–H groups in total. The van der Waals surface area contributed by atoms with Crippen LogP contribution in [0.4, 0.5) is 19.0 Å². The van der Waals surface area contributed by atoms with E-state index in [4.69, 9.17) is 0 Å². The Balaban J connectivity index is 1.25. The Morgan fingerprint density at radius 3 is 2.32 bits per heavy atom. The molecule has 0 radical (unpaired) electrons. The first-order chi connectivity index (χ1) is 16.2. The number of aromatic nitrogens is 1. The molecule has 5 rings (SSSR count). The Hall–Kier alpha value is -3.10. The molecule has 2 amide bonds. The van der Waals surface area contributed by atoms with Crippen LogP contribution in [0.3, 0.4) is 0 Å². The minimum Gasteiger partial charge on any atom is -0.355 e. The number of halogens is 3. The van der Waals surface area contributed by atoms with Crippen LogP contribution in [0.15, 0.2) is 36.5 Å². The second-order valence-electron chi connectivity index (χ2n) is 9.51. The van der Waals surface area contributed by atoms with Crippen LogP contribution < -0.4 is 10.2 Å². The first kappa shape index (κ1) is 22.7. The van der Waals surface area contributed by atoms with Crippen molar-refractivity contribution >= 4 is 17.6 Å². The number of pyridine rings is 1. The van der Waals surface area contributed by atoms with Crippen LogP contribution in [-0.4, -0.2) is 54.4 Å². The second-order valence-corrected chi connectivity index (χ2v) is 9.51. The topological polar surface area (TPSA) is 65.5 Å². The summed E-state index contributed by atoms with van der Waals surface area (Å²) in [6.07, 6.45) is -1.74. The molecule has 2 saturated heterocycles. The standard InChI is InChI=1S/C25H27F3N4O2/c1-15-13-30-23(33)21(15)17-4-6-18(7-5-17)24(34)32-10-8-31(9-11-32)22-20(16-2-3-16)12-19(14-29-22)25(26,27)28/h4-7,12,14-16,21H,2-3,8-11,13H2,1H3,(H,30,33)/t15?,21-/m1/s1. The molecule has 1 saturated carbocycles. The summed E-state index contributed by atoms with van der Waals surface area (Å²) in [6.45, 7) is 4.65. The van der Waals surface area contributed by atoms with Gasteiger partial charge in [0.05, 0.1) is 11.5 Å². The Bertz CT molecular complexity index is 1090. The van der Waals surface area contributed by atoms with E-state index in [1.54, 1.807) is 17.0 Å².